The number of aryl methyl sites for hydroxylation is 1. The third-order valence-electron chi connectivity index (χ3n) is 3.31. The van der Waals surface area contributed by atoms with Crippen LogP contribution in [-0.4, -0.2) is 19.7 Å². The van der Waals surface area contributed by atoms with Crippen molar-refractivity contribution in [2.45, 2.75) is 47.0 Å². The average molecular weight is 263 g/mol. The molecule has 0 spiro atoms. The first kappa shape index (κ1) is 16.0. The van der Waals surface area contributed by atoms with Gasteiger partial charge >= 0.3 is 0 Å². The van der Waals surface area contributed by atoms with E-state index < -0.39 is 0 Å². The van der Waals surface area contributed by atoms with Gasteiger partial charge in [0, 0.05) is 6.54 Å². The first-order chi connectivity index (χ1) is 9.00. The fourth-order valence-corrected chi connectivity index (χ4v) is 1.88. The van der Waals surface area contributed by atoms with Gasteiger partial charge in [0.25, 0.3) is 0 Å². The smallest absolute Gasteiger partial charge is 0.122 e. The number of hydrogen-bond donors (Lipinski definition) is 1. The van der Waals surface area contributed by atoms with Crippen molar-refractivity contribution in [3.05, 3.63) is 29.3 Å². The molecule has 1 rings (SSSR count). The van der Waals surface area contributed by atoms with Gasteiger partial charge in [-0.3, -0.25) is 0 Å². The lowest BCUT2D eigenvalue weighted by molar-refractivity contribution is 0.310. The summed E-state index contributed by atoms with van der Waals surface area (Å²) in [4.78, 5) is 0. The van der Waals surface area contributed by atoms with Gasteiger partial charge in [-0.05, 0) is 48.9 Å². The van der Waals surface area contributed by atoms with Crippen molar-refractivity contribution in [3.63, 3.8) is 0 Å². The highest BCUT2D eigenvalue weighted by Crippen LogP contribution is 2.24. The molecule has 19 heavy (non-hydrogen) atoms. The molecular weight excluding hydrogens is 234 g/mol. The SMILES string of the molecule is Cc1ccc(C(C)C)cc1OCCNCCC(C)C. The molecule has 0 atom stereocenters. The zero-order chi connectivity index (χ0) is 14.3. The molecule has 0 aromatic heterocycles. The average Bonchev–Trinajstić information content (AvgIpc) is 2.34. The minimum Gasteiger partial charge on any atom is -0.492 e. The van der Waals surface area contributed by atoms with Crippen LogP contribution in [-0.2, 0) is 0 Å². The van der Waals surface area contributed by atoms with Gasteiger partial charge in [-0.2, -0.15) is 0 Å². The molecule has 0 bridgehead atoms. The molecule has 0 radical (unpaired) electrons. The van der Waals surface area contributed by atoms with Crippen molar-refractivity contribution < 1.29 is 4.74 Å². The summed E-state index contributed by atoms with van der Waals surface area (Å²) < 4.78 is 5.87. The number of benzene rings is 1. The van der Waals surface area contributed by atoms with Crippen LogP contribution in [0.15, 0.2) is 18.2 Å². The Balaban J connectivity index is 2.34. The molecule has 1 aromatic rings. The number of nitrogens with one attached hydrogen (secondary N) is 1. The van der Waals surface area contributed by atoms with Crippen molar-refractivity contribution in [1.82, 2.24) is 5.32 Å². The molecule has 0 aliphatic heterocycles. The maximum Gasteiger partial charge on any atom is 0.122 e. The van der Waals surface area contributed by atoms with Crippen LogP contribution in [0.25, 0.3) is 0 Å². The van der Waals surface area contributed by atoms with Crippen LogP contribution >= 0.6 is 0 Å². The van der Waals surface area contributed by atoms with Gasteiger partial charge in [-0.15, -0.1) is 0 Å². The molecule has 1 N–H and O–H groups in total. The summed E-state index contributed by atoms with van der Waals surface area (Å²) in [6.07, 6.45) is 1.22. The van der Waals surface area contributed by atoms with E-state index in [-0.39, 0.29) is 0 Å². The summed E-state index contributed by atoms with van der Waals surface area (Å²) in [5, 5.41) is 3.42. The number of rotatable bonds is 8. The maximum absolute atomic E-state index is 5.87. The Hall–Kier alpha value is -1.02. The Morgan fingerprint density at radius 3 is 2.47 bits per heavy atom. The van der Waals surface area contributed by atoms with Gasteiger partial charge in [0.2, 0.25) is 0 Å². The Kier molecular flexibility index (Phi) is 6.93. The highest BCUT2D eigenvalue weighted by Gasteiger charge is 2.04. The van der Waals surface area contributed by atoms with Crippen LogP contribution in [0.2, 0.25) is 0 Å². The largest absolute Gasteiger partial charge is 0.492 e. The van der Waals surface area contributed by atoms with E-state index in [1.165, 1.54) is 17.5 Å². The summed E-state index contributed by atoms with van der Waals surface area (Å²) in [6, 6.07) is 6.51. The molecule has 2 nitrogen and oxygen atoms in total. The van der Waals surface area contributed by atoms with Gasteiger partial charge < -0.3 is 10.1 Å². The van der Waals surface area contributed by atoms with Crippen LogP contribution in [0, 0.1) is 12.8 Å². The highest BCUT2D eigenvalue weighted by atomic mass is 16.5. The van der Waals surface area contributed by atoms with E-state index in [4.69, 9.17) is 4.74 Å². The molecule has 0 saturated carbocycles. The number of ether oxygens (including phenoxy) is 1. The molecule has 0 heterocycles. The molecule has 1 aromatic carbocycles. The van der Waals surface area contributed by atoms with E-state index in [2.05, 4.69) is 58.1 Å². The first-order valence-corrected chi connectivity index (χ1v) is 7.44. The lowest BCUT2D eigenvalue weighted by Crippen LogP contribution is -2.23. The molecule has 0 unspecified atom stereocenters. The summed E-state index contributed by atoms with van der Waals surface area (Å²) in [7, 11) is 0. The molecule has 0 aliphatic rings. The molecule has 0 fully saturated rings. The second kappa shape index (κ2) is 8.21. The normalized spacial score (nSPS) is 11.3. The van der Waals surface area contributed by atoms with Crippen LogP contribution < -0.4 is 10.1 Å². The Morgan fingerprint density at radius 1 is 1.11 bits per heavy atom. The Labute approximate surface area is 118 Å². The maximum atomic E-state index is 5.87. The third kappa shape index (κ3) is 6.11. The Morgan fingerprint density at radius 2 is 1.84 bits per heavy atom. The van der Waals surface area contributed by atoms with Crippen LogP contribution in [0.4, 0.5) is 0 Å². The van der Waals surface area contributed by atoms with Crippen LogP contribution in [0.1, 0.15) is 51.2 Å². The van der Waals surface area contributed by atoms with E-state index in [0.29, 0.717) is 5.92 Å². The zero-order valence-corrected chi connectivity index (χ0v) is 13.1. The fraction of sp³-hybridized carbons (Fsp3) is 0.647. The predicted molar refractivity (Wildman–Crippen MR) is 83.1 cm³/mol. The highest BCUT2D eigenvalue weighted by molar-refractivity contribution is 5.37. The monoisotopic (exact) mass is 263 g/mol. The Bertz CT molecular complexity index is 372. The summed E-state index contributed by atoms with van der Waals surface area (Å²) in [5.41, 5.74) is 2.56. The van der Waals surface area contributed by atoms with Gasteiger partial charge in [0.05, 0.1) is 0 Å². The van der Waals surface area contributed by atoms with Crippen LogP contribution in [0.3, 0.4) is 0 Å². The van der Waals surface area contributed by atoms with E-state index in [9.17, 15) is 0 Å². The van der Waals surface area contributed by atoms with E-state index >= 15 is 0 Å². The second-order valence-corrected chi connectivity index (χ2v) is 5.96. The van der Waals surface area contributed by atoms with E-state index in [0.717, 1.165) is 31.4 Å². The fourth-order valence-electron chi connectivity index (χ4n) is 1.88. The van der Waals surface area contributed by atoms with Crippen molar-refractivity contribution in [2.75, 3.05) is 19.7 Å². The molecule has 0 saturated heterocycles. The van der Waals surface area contributed by atoms with Crippen molar-refractivity contribution in [3.8, 4) is 5.75 Å². The molecule has 0 aliphatic carbocycles. The minimum atomic E-state index is 0.548. The van der Waals surface area contributed by atoms with Crippen molar-refractivity contribution >= 4 is 0 Å². The lowest BCUT2D eigenvalue weighted by Gasteiger charge is -2.13. The summed E-state index contributed by atoms with van der Waals surface area (Å²) in [6.45, 7) is 13.7. The number of hydrogen-bond acceptors (Lipinski definition) is 2. The second-order valence-electron chi connectivity index (χ2n) is 5.96. The minimum absolute atomic E-state index is 0.548. The molecule has 0 amide bonds. The van der Waals surface area contributed by atoms with Crippen molar-refractivity contribution in [2.24, 2.45) is 5.92 Å². The van der Waals surface area contributed by atoms with E-state index in [1.54, 1.807) is 0 Å². The standard InChI is InChI=1S/C17H29NO/c1-13(2)8-9-18-10-11-19-17-12-16(14(3)4)7-6-15(17)5/h6-7,12-14,18H,8-11H2,1-5H3. The lowest BCUT2D eigenvalue weighted by atomic mass is 10.0. The third-order valence-corrected chi connectivity index (χ3v) is 3.31. The van der Waals surface area contributed by atoms with Gasteiger partial charge in [0.1, 0.15) is 12.4 Å². The molecular formula is C17H29NO. The van der Waals surface area contributed by atoms with Gasteiger partial charge in [-0.25, -0.2) is 0 Å². The predicted octanol–water partition coefficient (Wildman–Crippen LogP) is 4.13. The van der Waals surface area contributed by atoms with Crippen molar-refractivity contribution in [1.29, 1.82) is 0 Å². The van der Waals surface area contributed by atoms with Gasteiger partial charge in [0.15, 0.2) is 0 Å². The molecule has 108 valence electrons. The van der Waals surface area contributed by atoms with E-state index in [1.807, 2.05) is 0 Å². The van der Waals surface area contributed by atoms with Crippen LogP contribution in [0.5, 0.6) is 5.75 Å². The van der Waals surface area contributed by atoms with Gasteiger partial charge in [-0.1, -0.05) is 39.8 Å². The zero-order valence-electron chi connectivity index (χ0n) is 13.1. The summed E-state index contributed by atoms with van der Waals surface area (Å²) in [5.74, 6) is 2.34. The quantitative estimate of drug-likeness (QED) is 0.712. The summed E-state index contributed by atoms with van der Waals surface area (Å²) >= 11 is 0. The topological polar surface area (TPSA) is 21.3 Å². The molecule has 2 heteroatoms. The first-order valence-electron chi connectivity index (χ1n) is 7.44.